The van der Waals surface area contributed by atoms with Crippen LogP contribution in [0.2, 0.25) is 0 Å². The van der Waals surface area contributed by atoms with Gasteiger partial charge in [-0.1, -0.05) is 60.3 Å². The number of carbonyl (C=O) groups is 1. The van der Waals surface area contributed by atoms with Crippen LogP contribution >= 0.6 is 15.9 Å². The quantitative estimate of drug-likeness (QED) is 0.530. The lowest BCUT2D eigenvalue weighted by Crippen LogP contribution is -2.31. The van der Waals surface area contributed by atoms with Crippen molar-refractivity contribution < 1.29 is 23.1 Å². The highest BCUT2D eigenvalue weighted by molar-refractivity contribution is 9.10. The number of carboxylic acid groups (broad SMARTS) is 1. The highest BCUT2D eigenvalue weighted by atomic mass is 79.9. The van der Waals surface area contributed by atoms with E-state index in [1.807, 2.05) is 6.07 Å². The van der Waals surface area contributed by atoms with Crippen LogP contribution in [0.25, 0.3) is 0 Å². The highest BCUT2D eigenvalue weighted by Gasteiger charge is 2.38. The number of aromatic nitrogens is 2. The summed E-state index contributed by atoms with van der Waals surface area (Å²) in [4.78, 5) is 28.3. The van der Waals surface area contributed by atoms with Crippen molar-refractivity contribution in [3.63, 3.8) is 0 Å². The molecule has 0 bridgehead atoms. The number of aliphatic carboxylic acids is 1. The van der Waals surface area contributed by atoms with Gasteiger partial charge in [-0.3, -0.25) is 14.3 Å². The van der Waals surface area contributed by atoms with Gasteiger partial charge in [-0.2, -0.15) is 13.2 Å². The summed E-state index contributed by atoms with van der Waals surface area (Å²) < 4.78 is 34.6. The van der Waals surface area contributed by atoms with Crippen molar-refractivity contribution in [1.29, 1.82) is 0 Å². The van der Waals surface area contributed by atoms with Crippen LogP contribution in [0.3, 0.4) is 0 Å². The lowest BCUT2D eigenvalue weighted by atomic mass is 9.87. The minimum atomic E-state index is -5.08. The molecule has 3 rings (SSSR count). The van der Waals surface area contributed by atoms with Crippen molar-refractivity contribution in [2.24, 2.45) is 0 Å². The van der Waals surface area contributed by atoms with E-state index in [1.54, 1.807) is 17.0 Å². The number of hydrogen-bond donors (Lipinski definition) is 1. The van der Waals surface area contributed by atoms with E-state index in [0.29, 0.717) is 12.5 Å². The summed E-state index contributed by atoms with van der Waals surface area (Å²) in [6.07, 6.45) is 2.85. The first-order chi connectivity index (χ1) is 15.6. The average Bonchev–Trinajstić information content (AvgIpc) is 2.79. The first-order valence-corrected chi connectivity index (χ1v) is 11.7. The summed E-state index contributed by atoms with van der Waals surface area (Å²) in [6.45, 7) is 5.49. The van der Waals surface area contributed by atoms with E-state index >= 15 is 0 Å². The molecule has 2 aromatic rings. The molecule has 0 saturated heterocycles. The van der Waals surface area contributed by atoms with Gasteiger partial charge in [0.2, 0.25) is 0 Å². The molecule has 1 aromatic heterocycles. The number of hydrogen-bond acceptors (Lipinski definition) is 4. The molecular formula is C23H29BrF3N3O3. The molecule has 33 heavy (non-hydrogen) atoms. The standard InChI is InChI=1S/C21H28BrN3O.C2HF3O2/c1-2-24(15-18-10-6-7-11-19(18)22)12-13-25-16-23-20(14-21(25)26)17-8-4-3-5-9-17;3-2(4,5)1(6)7/h6-7,10-11,14,16-17H,2-5,8-9,12-13,15H2,1H3;(H,6,7). The van der Waals surface area contributed by atoms with E-state index in [4.69, 9.17) is 9.90 Å². The Morgan fingerprint density at radius 2 is 1.88 bits per heavy atom. The zero-order chi connectivity index (χ0) is 24.4. The molecule has 6 nitrogen and oxygen atoms in total. The number of halogens is 4. The summed E-state index contributed by atoms with van der Waals surface area (Å²) in [6, 6.07) is 10.1. The lowest BCUT2D eigenvalue weighted by Gasteiger charge is -2.22. The molecule has 10 heteroatoms. The third-order valence-electron chi connectivity index (χ3n) is 5.62. The van der Waals surface area contributed by atoms with Crippen molar-refractivity contribution in [2.45, 2.75) is 64.2 Å². The summed E-state index contributed by atoms with van der Waals surface area (Å²) in [5, 5.41) is 7.12. The van der Waals surface area contributed by atoms with Gasteiger partial charge in [0.15, 0.2) is 0 Å². The molecular weight excluding hydrogens is 503 g/mol. The van der Waals surface area contributed by atoms with Crippen molar-refractivity contribution in [3.05, 3.63) is 62.7 Å². The van der Waals surface area contributed by atoms with Gasteiger partial charge >= 0.3 is 12.1 Å². The molecule has 0 amide bonds. The van der Waals surface area contributed by atoms with Crippen LogP contribution in [0.1, 0.15) is 56.2 Å². The van der Waals surface area contributed by atoms with Gasteiger partial charge in [0.25, 0.3) is 5.56 Å². The van der Waals surface area contributed by atoms with Gasteiger partial charge in [-0.05, 0) is 31.0 Å². The number of carboxylic acids is 1. The Morgan fingerprint density at radius 1 is 1.24 bits per heavy atom. The number of nitrogens with zero attached hydrogens (tertiary/aromatic N) is 3. The van der Waals surface area contributed by atoms with Crippen LogP contribution in [0.4, 0.5) is 13.2 Å². The molecule has 1 heterocycles. The van der Waals surface area contributed by atoms with E-state index in [1.165, 1.54) is 37.7 Å². The molecule has 1 aromatic carbocycles. The van der Waals surface area contributed by atoms with Crippen molar-refractivity contribution in [2.75, 3.05) is 13.1 Å². The molecule has 1 N–H and O–H groups in total. The number of likely N-dealkylation sites (N-methyl/N-ethyl adjacent to an activating group) is 1. The van der Waals surface area contributed by atoms with Crippen LogP contribution in [0, 0.1) is 0 Å². The largest absolute Gasteiger partial charge is 0.490 e. The molecule has 0 radical (unpaired) electrons. The van der Waals surface area contributed by atoms with Crippen LogP contribution in [0.15, 0.2) is 45.9 Å². The fourth-order valence-electron chi connectivity index (χ4n) is 3.70. The predicted molar refractivity (Wildman–Crippen MR) is 123 cm³/mol. The maximum atomic E-state index is 12.5. The summed E-state index contributed by atoms with van der Waals surface area (Å²) in [5.74, 6) is -2.28. The Hall–Kier alpha value is -2.20. The summed E-state index contributed by atoms with van der Waals surface area (Å²) in [7, 11) is 0. The fraction of sp³-hybridized carbons (Fsp3) is 0.522. The Morgan fingerprint density at radius 3 is 2.42 bits per heavy atom. The van der Waals surface area contributed by atoms with E-state index < -0.39 is 12.1 Å². The molecule has 0 aliphatic heterocycles. The third kappa shape index (κ3) is 8.92. The van der Waals surface area contributed by atoms with Crippen LogP contribution in [-0.4, -0.2) is 44.8 Å². The third-order valence-corrected chi connectivity index (χ3v) is 6.40. The van der Waals surface area contributed by atoms with Crippen LogP contribution < -0.4 is 5.56 Å². The lowest BCUT2D eigenvalue weighted by molar-refractivity contribution is -0.192. The van der Waals surface area contributed by atoms with E-state index in [-0.39, 0.29) is 5.56 Å². The van der Waals surface area contributed by atoms with Gasteiger partial charge in [0, 0.05) is 36.1 Å². The SMILES string of the molecule is CCN(CCn1cnc(C2CCCCC2)cc1=O)Cc1ccccc1Br.O=C(O)C(F)(F)F. The van der Waals surface area contributed by atoms with Gasteiger partial charge in [0.05, 0.1) is 12.0 Å². The van der Waals surface area contributed by atoms with Gasteiger partial charge in [-0.25, -0.2) is 9.78 Å². The predicted octanol–water partition coefficient (Wildman–Crippen LogP) is 5.21. The molecule has 0 unspecified atom stereocenters. The minimum Gasteiger partial charge on any atom is -0.475 e. The fourth-order valence-corrected chi connectivity index (χ4v) is 4.11. The maximum absolute atomic E-state index is 12.5. The van der Waals surface area contributed by atoms with Crippen LogP contribution in [-0.2, 0) is 17.9 Å². The molecule has 1 saturated carbocycles. The van der Waals surface area contributed by atoms with Gasteiger partial charge in [0.1, 0.15) is 0 Å². The highest BCUT2D eigenvalue weighted by Crippen LogP contribution is 2.30. The molecule has 1 aliphatic rings. The second-order valence-electron chi connectivity index (χ2n) is 7.94. The Balaban J connectivity index is 0.000000479. The van der Waals surface area contributed by atoms with Crippen molar-refractivity contribution in [3.8, 4) is 0 Å². The van der Waals surface area contributed by atoms with E-state index in [2.05, 4.69) is 50.9 Å². The molecule has 1 aliphatic carbocycles. The average molecular weight is 532 g/mol. The Bertz CT molecular complexity index is 960. The Labute approximate surface area is 199 Å². The zero-order valence-electron chi connectivity index (χ0n) is 18.5. The Kier molecular flexibility index (Phi) is 10.6. The summed E-state index contributed by atoms with van der Waals surface area (Å²) in [5.41, 5.74) is 2.34. The van der Waals surface area contributed by atoms with Gasteiger partial charge in [-0.15, -0.1) is 0 Å². The minimum absolute atomic E-state index is 0.0810. The first kappa shape index (κ1) is 27.0. The van der Waals surface area contributed by atoms with E-state index in [0.717, 1.165) is 29.8 Å². The normalized spacial score (nSPS) is 14.6. The number of benzene rings is 1. The van der Waals surface area contributed by atoms with Crippen molar-refractivity contribution in [1.82, 2.24) is 14.5 Å². The van der Waals surface area contributed by atoms with E-state index in [9.17, 15) is 18.0 Å². The zero-order valence-corrected chi connectivity index (χ0v) is 20.1. The number of alkyl halides is 3. The van der Waals surface area contributed by atoms with Crippen LogP contribution in [0.5, 0.6) is 0 Å². The maximum Gasteiger partial charge on any atom is 0.490 e. The van der Waals surface area contributed by atoms with Crippen molar-refractivity contribution >= 4 is 21.9 Å². The van der Waals surface area contributed by atoms with Gasteiger partial charge < -0.3 is 5.11 Å². The molecule has 1 fully saturated rings. The second kappa shape index (κ2) is 12.9. The molecule has 0 spiro atoms. The monoisotopic (exact) mass is 531 g/mol. The smallest absolute Gasteiger partial charge is 0.475 e. The first-order valence-electron chi connectivity index (χ1n) is 10.9. The summed E-state index contributed by atoms with van der Waals surface area (Å²) >= 11 is 3.62. The number of rotatable bonds is 7. The topological polar surface area (TPSA) is 75.4 Å². The molecule has 182 valence electrons. The second-order valence-corrected chi connectivity index (χ2v) is 8.80. The molecule has 0 atom stereocenters.